The molecule has 0 radical (unpaired) electrons. The molecule has 0 bridgehead atoms. The van der Waals surface area contributed by atoms with E-state index in [0.29, 0.717) is 12.5 Å². The number of hydrogen-bond acceptors (Lipinski definition) is 3. The van der Waals surface area contributed by atoms with Gasteiger partial charge in [-0.25, -0.2) is 4.79 Å². The van der Waals surface area contributed by atoms with Gasteiger partial charge in [-0.15, -0.1) is 0 Å². The van der Waals surface area contributed by atoms with E-state index in [9.17, 15) is 9.59 Å². The maximum absolute atomic E-state index is 11.2. The Bertz CT molecular complexity index is 294. The average Bonchev–Trinajstić information content (AvgIpc) is 2.29. The number of carbonyl (C=O) groups is 2. The van der Waals surface area contributed by atoms with Crippen LogP contribution in [0.4, 0.5) is 0 Å². The summed E-state index contributed by atoms with van der Waals surface area (Å²) in [7, 11) is 2.12. The number of carbonyl (C=O) groups excluding carboxylic acids is 1. The number of amides is 1. The molecule has 1 saturated heterocycles. The first-order valence-corrected chi connectivity index (χ1v) is 5.95. The molecule has 1 aliphatic heterocycles. The monoisotopic (exact) mass is 240 g/mol. The number of nitrogens with one attached hydrogen (secondary N) is 1. The van der Waals surface area contributed by atoms with Crippen molar-refractivity contribution >= 4 is 11.9 Å². The van der Waals surface area contributed by atoms with Crippen molar-refractivity contribution in [2.45, 2.75) is 19.3 Å². The second kappa shape index (κ2) is 7.06. The summed E-state index contributed by atoms with van der Waals surface area (Å²) in [5, 5.41) is 11.0. The molecule has 0 aromatic carbocycles. The highest BCUT2D eigenvalue weighted by Gasteiger charge is 2.15. The molecular formula is C12H20N2O3. The van der Waals surface area contributed by atoms with E-state index >= 15 is 0 Å². The van der Waals surface area contributed by atoms with Crippen molar-refractivity contribution in [3.05, 3.63) is 12.2 Å². The highest BCUT2D eigenvalue weighted by molar-refractivity contribution is 5.93. The van der Waals surface area contributed by atoms with Crippen molar-refractivity contribution < 1.29 is 14.7 Å². The Hall–Kier alpha value is -1.36. The summed E-state index contributed by atoms with van der Waals surface area (Å²) in [6.07, 6.45) is 5.23. The topological polar surface area (TPSA) is 69.6 Å². The zero-order chi connectivity index (χ0) is 12.7. The summed E-state index contributed by atoms with van der Waals surface area (Å²) < 4.78 is 0. The quantitative estimate of drug-likeness (QED) is 0.686. The lowest BCUT2D eigenvalue weighted by Gasteiger charge is -2.28. The van der Waals surface area contributed by atoms with Crippen LogP contribution in [-0.2, 0) is 9.59 Å². The van der Waals surface area contributed by atoms with Crippen LogP contribution in [0.5, 0.6) is 0 Å². The maximum atomic E-state index is 11.2. The largest absolute Gasteiger partial charge is 0.478 e. The van der Waals surface area contributed by atoms with Gasteiger partial charge in [-0.3, -0.25) is 4.79 Å². The van der Waals surface area contributed by atoms with E-state index < -0.39 is 5.97 Å². The van der Waals surface area contributed by atoms with E-state index in [1.165, 1.54) is 12.8 Å². The Labute approximate surface area is 101 Å². The minimum atomic E-state index is -1.10. The highest BCUT2D eigenvalue weighted by Crippen LogP contribution is 2.18. The summed E-state index contributed by atoms with van der Waals surface area (Å²) in [5.74, 6) is -0.759. The molecule has 0 spiro atoms. The number of rotatable bonds is 5. The molecule has 0 aromatic rings. The smallest absolute Gasteiger partial charge is 0.328 e. The van der Waals surface area contributed by atoms with Crippen LogP contribution in [0.2, 0.25) is 0 Å². The highest BCUT2D eigenvalue weighted by atomic mass is 16.4. The van der Waals surface area contributed by atoms with Crippen LogP contribution in [0, 0.1) is 5.92 Å². The van der Waals surface area contributed by atoms with Crippen LogP contribution in [0.25, 0.3) is 0 Å². The van der Waals surface area contributed by atoms with E-state index in [1.54, 1.807) is 0 Å². The number of aliphatic carboxylic acids is 1. The van der Waals surface area contributed by atoms with Crippen LogP contribution < -0.4 is 5.32 Å². The molecule has 5 heteroatoms. The molecule has 17 heavy (non-hydrogen) atoms. The third kappa shape index (κ3) is 6.06. The van der Waals surface area contributed by atoms with Gasteiger partial charge in [0.15, 0.2) is 0 Å². The van der Waals surface area contributed by atoms with Crippen LogP contribution in [0.1, 0.15) is 19.3 Å². The fraction of sp³-hybridized carbons (Fsp3) is 0.667. The Morgan fingerprint density at radius 3 is 2.59 bits per heavy atom. The normalized spacial score (nSPS) is 18.4. The third-order valence-electron chi connectivity index (χ3n) is 3.07. The standard InChI is InChI=1S/C12H20N2O3/c1-14-8-5-10(6-9-14)4-7-13-11(15)2-3-12(16)17/h2-3,10H,4-9H2,1H3,(H,13,15)(H,16,17)/b3-2+. The predicted octanol–water partition coefficient (Wildman–Crippen LogP) is 0.475. The number of nitrogens with zero attached hydrogens (tertiary/aromatic N) is 1. The number of likely N-dealkylation sites (tertiary alicyclic amines) is 1. The van der Waals surface area contributed by atoms with E-state index in [2.05, 4.69) is 17.3 Å². The SMILES string of the molecule is CN1CCC(CCNC(=O)/C=C/C(=O)O)CC1. The third-order valence-corrected chi connectivity index (χ3v) is 3.07. The van der Waals surface area contributed by atoms with Gasteiger partial charge in [0.25, 0.3) is 0 Å². The molecule has 96 valence electrons. The number of hydrogen-bond donors (Lipinski definition) is 2. The lowest BCUT2D eigenvalue weighted by Crippen LogP contribution is -2.32. The molecule has 1 fully saturated rings. The summed E-state index contributed by atoms with van der Waals surface area (Å²) in [4.78, 5) is 23.7. The van der Waals surface area contributed by atoms with Crippen LogP contribution in [0.15, 0.2) is 12.2 Å². The Morgan fingerprint density at radius 2 is 2.00 bits per heavy atom. The predicted molar refractivity (Wildman–Crippen MR) is 64.6 cm³/mol. The van der Waals surface area contributed by atoms with Crippen LogP contribution in [0.3, 0.4) is 0 Å². The molecule has 0 unspecified atom stereocenters. The van der Waals surface area contributed by atoms with Gasteiger partial charge in [-0.1, -0.05) is 0 Å². The fourth-order valence-electron chi connectivity index (χ4n) is 1.96. The molecule has 1 heterocycles. The van der Waals surface area contributed by atoms with Gasteiger partial charge in [-0.05, 0) is 45.3 Å². The Kier molecular flexibility index (Phi) is 5.69. The minimum absolute atomic E-state index is 0.333. The summed E-state index contributed by atoms with van der Waals surface area (Å²) >= 11 is 0. The zero-order valence-electron chi connectivity index (χ0n) is 10.2. The molecule has 5 nitrogen and oxygen atoms in total. The molecule has 0 aliphatic carbocycles. The molecular weight excluding hydrogens is 220 g/mol. The van der Waals surface area contributed by atoms with Gasteiger partial charge in [0.2, 0.25) is 5.91 Å². The number of carboxylic acids is 1. The average molecular weight is 240 g/mol. The first-order valence-electron chi connectivity index (χ1n) is 5.95. The number of piperidine rings is 1. The second-order valence-electron chi connectivity index (χ2n) is 4.50. The minimum Gasteiger partial charge on any atom is -0.478 e. The van der Waals surface area contributed by atoms with E-state index in [0.717, 1.165) is 31.7 Å². The van der Waals surface area contributed by atoms with E-state index in [1.807, 2.05) is 0 Å². The molecule has 0 atom stereocenters. The first-order chi connectivity index (χ1) is 8.08. The fourth-order valence-corrected chi connectivity index (χ4v) is 1.96. The summed E-state index contributed by atoms with van der Waals surface area (Å²) in [6.45, 7) is 2.87. The maximum Gasteiger partial charge on any atom is 0.328 e. The van der Waals surface area contributed by atoms with Gasteiger partial charge in [-0.2, -0.15) is 0 Å². The molecule has 1 amide bonds. The van der Waals surface area contributed by atoms with Gasteiger partial charge < -0.3 is 15.3 Å². The molecule has 0 saturated carbocycles. The molecule has 0 aromatic heterocycles. The van der Waals surface area contributed by atoms with Crippen molar-refractivity contribution in [3.8, 4) is 0 Å². The van der Waals surface area contributed by atoms with Crippen molar-refractivity contribution in [1.82, 2.24) is 10.2 Å². The molecule has 1 rings (SSSR count). The van der Waals surface area contributed by atoms with Gasteiger partial charge in [0.05, 0.1) is 0 Å². The lowest BCUT2D eigenvalue weighted by atomic mass is 9.94. The van der Waals surface area contributed by atoms with Crippen molar-refractivity contribution in [1.29, 1.82) is 0 Å². The Morgan fingerprint density at radius 1 is 1.35 bits per heavy atom. The van der Waals surface area contributed by atoms with Gasteiger partial charge in [0, 0.05) is 18.7 Å². The van der Waals surface area contributed by atoms with Gasteiger partial charge >= 0.3 is 5.97 Å². The zero-order valence-corrected chi connectivity index (χ0v) is 10.2. The van der Waals surface area contributed by atoms with E-state index in [4.69, 9.17) is 5.11 Å². The Balaban J connectivity index is 2.11. The van der Waals surface area contributed by atoms with Crippen molar-refractivity contribution in [3.63, 3.8) is 0 Å². The van der Waals surface area contributed by atoms with Crippen molar-refractivity contribution in [2.24, 2.45) is 5.92 Å². The first kappa shape index (κ1) is 13.7. The van der Waals surface area contributed by atoms with Crippen LogP contribution in [-0.4, -0.2) is 48.6 Å². The second-order valence-corrected chi connectivity index (χ2v) is 4.50. The molecule has 2 N–H and O–H groups in total. The van der Waals surface area contributed by atoms with Crippen molar-refractivity contribution in [2.75, 3.05) is 26.7 Å². The molecule has 1 aliphatic rings. The van der Waals surface area contributed by atoms with Crippen LogP contribution >= 0.6 is 0 Å². The number of carboxylic acid groups (broad SMARTS) is 1. The summed E-state index contributed by atoms with van der Waals surface area (Å²) in [6, 6.07) is 0. The lowest BCUT2D eigenvalue weighted by molar-refractivity contribution is -0.131. The summed E-state index contributed by atoms with van der Waals surface area (Å²) in [5.41, 5.74) is 0. The van der Waals surface area contributed by atoms with E-state index in [-0.39, 0.29) is 5.91 Å². The van der Waals surface area contributed by atoms with Gasteiger partial charge in [0.1, 0.15) is 0 Å².